The number of rotatable bonds is 6. The molecule has 16 heavy (non-hydrogen) atoms. The summed E-state index contributed by atoms with van der Waals surface area (Å²) in [6, 6.07) is 0.559. The zero-order valence-electron chi connectivity index (χ0n) is 10.4. The van der Waals surface area contributed by atoms with Gasteiger partial charge in [0.25, 0.3) is 0 Å². The summed E-state index contributed by atoms with van der Waals surface area (Å²) in [6.45, 7) is 2.69. The van der Waals surface area contributed by atoms with E-state index in [0.29, 0.717) is 12.6 Å². The first-order chi connectivity index (χ1) is 7.63. The maximum atomic E-state index is 9.21. The third-order valence-electron chi connectivity index (χ3n) is 3.54. The van der Waals surface area contributed by atoms with E-state index in [2.05, 4.69) is 11.6 Å². The van der Waals surface area contributed by atoms with E-state index in [9.17, 15) is 10.2 Å². The van der Waals surface area contributed by atoms with Gasteiger partial charge in [-0.25, -0.2) is 0 Å². The van der Waals surface area contributed by atoms with Crippen molar-refractivity contribution in [3.05, 3.63) is 0 Å². The second kappa shape index (κ2) is 6.84. The Morgan fingerprint density at radius 1 is 1.31 bits per heavy atom. The number of aliphatic hydroxyl groups excluding tert-OH is 2. The molecule has 1 fully saturated rings. The molecule has 0 aromatic heterocycles. The highest BCUT2D eigenvalue weighted by molar-refractivity contribution is 7.99. The summed E-state index contributed by atoms with van der Waals surface area (Å²) < 4.78 is 0. The van der Waals surface area contributed by atoms with Gasteiger partial charge in [-0.1, -0.05) is 13.3 Å². The van der Waals surface area contributed by atoms with Crippen LogP contribution in [0.4, 0.5) is 0 Å². The maximum Gasteiger partial charge on any atom is 0.0518 e. The van der Waals surface area contributed by atoms with Gasteiger partial charge in [0, 0.05) is 23.3 Å². The van der Waals surface area contributed by atoms with Gasteiger partial charge >= 0.3 is 0 Å². The van der Waals surface area contributed by atoms with Crippen LogP contribution in [0.1, 0.15) is 32.6 Å². The van der Waals surface area contributed by atoms with E-state index in [4.69, 9.17) is 0 Å². The summed E-state index contributed by atoms with van der Waals surface area (Å²) in [6.07, 6.45) is 7.24. The van der Waals surface area contributed by atoms with Crippen molar-refractivity contribution in [3.8, 4) is 0 Å². The minimum Gasteiger partial charge on any atom is -0.396 e. The normalized spacial score (nSPS) is 27.0. The lowest BCUT2D eigenvalue weighted by atomic mass is 9.90. The molecular formula is C12H25NO2S. The molecule has 3 N–H and O–H groups in total. The molecule has 1 rings (SSSR count). The van der Waals surface area contributed by atoms with Crippen molar-refractivity contribution in [2.75, 3.05) is 26.0 Å². The van der Waals surface area contributed by atoms with Gasteiger partial charge in [0.05, 0.1) is 13.2 Å². The van der Waals surface area contributed by atoms with Crippen LogP contribution in [0.2, 0.25) is 0 Å². The van der Waals surface area contributed by atoms with Crippen molar-refractivity contribution in [1.29, 1.82) is 0 Å². The third-order valence-corrected chi connectivity index (χ3v) is 4.64. The molecular weight excluding hydrogens is 222 g/mol. The van der Waals surface area contributed by atoms with Crippen molar-refractivity contribution >= 4 is 11.8 Å². The third kappa shape index (κ3) is 4.24. The fraction of sp³-hybridized carbons (Fsp3) is 1.00. The number of hydrogen-bond donors (Lipinski definition) is 3. The van der Waals surface area contributed by atoms with Crippen molar-refractivity contribution in [2.24, 2.45) is 5.41 Å². The Hall–Kier alpha value is 0.230. The fourth-order valence-electron chi connectivity index (χ4n) is 2.10. The summed E-state index contributed by atoms with van der Waals surface area (Å²) in [7, 11) is 0. The highest BCUT2D eigenvalue weighted by atomic mass is 32.2. The second-order valence-electron chi connectivity index (χ2n) is 5.23. The van der Waals surface area contributed by atoms with Gasteiger partial charge in [0.2, 0.25) is 0 Å². The largest absolute Gasteiger partial charge is 0.396 e. The van der Waals surface area contributed by atoms with Crippen molar-refractivity contribution in [1.82, 2.24) is 5.32 Å². The molecule has 1 aliphatic carbocycles. The van der Waals surface area contributed by atoms with E-state index in [1.807, 2.05) is 18.7 Å². The van der Waals surface area contributed by atoms with Gasteiger partial charge in [-0.2, -0.15) is 11.8 Å². The zero-order valence-corrected chi connectivity index (χ0v) is 11.2. The molecule has 2 atom stereocenters. The number of aliphatic hydroxyl groups is 2. The predicted molar refractivity (Wildman–Crippen MR) is 69.8 cm³/mol. The van der Waals surface area contributed by atoms with Crippen LogP contribution in [-0.2, 0) is 0 Å². The molecule has 0 spiro atoms. The van der Waals surface area contributed by atoms with Gasteiger partial charge in [-0.05, 0) is 25.5 Å². The summed E-state index contributed by atoms with van der Waals surface area (Å²) in [5.74, 6) is 0. The molecule has 0 aromatic rings. The van der Waals surface area contributed by atoms with Crippen molar-refractivity contribution < 1.29 is 10.2 Å². The van der Waals surface area contributed by atoms with E-state index in [1.165, 1.54) is 25.7 Å². The predicted octanol–water partition coefficient (Wildman–Crippen LogP) is 1.24. The van der Waals surface area contributed by atoms with E-state index >= 15 is 0 Å². The first-order valence-electron chi connectivity index (χ1n) is 6.11. The average Bonchev–Trinajstić information content (AvgIpc) is 2.36. The maximum absolute atomic E-state index is 9.21. The lowest BCUT2D eigenvalue weighted by molar-refractivity contribution is 0.0661. The summed E-state index contributed by atoms with van der Waals surface area (Å²) in [5, 5.41) is 22.7. The molecule has 0 aliphatic heterocycles. The minimum absolute atomic E-state index is 0.0369. The van der Waals surface area contributed by atoms with Gasteiger partial charge in [0.15, 0.2) is 0 Å². The molecule has 1 aliphatic rings. The monoisotopic (exact) mass is 247 g/mol. The Morgan fingerprint density at radius 2 is 2.00 bits per heavy atom. The number of thioether (sulfide) groups is 1. The molecule has 96 valence electrons. The Morgan fingerprint density at radius 3 is 2.56 bits per heavy atom. The molecule has 1 saturated carbocycles. The Kier molecular flexibility index (Phi) is 6.11. The lowest BCUT2D eigenvalue weighted by Crippen LogP contribution is -2.44. The van der Waals surface area contributed by atoms with Crippen LogP contribution < -0.4 is 5.32 Å². The number of nitrogens with one attached hydrogen (secondary N) is 1. The second-order valence-corrected chi connectivity index (χ2v) is 6.37. The Labute approximate surface area is 103 Å². The van der Waals surface area contributed by atoms with Gasteiger partial charge in [-0.15, -0.1) is 0 Å². The molecule has 0 radical (unpaired) electrons. The van der Waals surface area contributed by atoms with Crippen LogP contribution in [0, 0.1) is 5.41 Å². The van der Waals surface area contributed by atoms with Crippen LogP contribution in [-0.4, -0.2) is 47.5 Å². The molecule has 4 heteroatoms. The molecule has 0 saturated heterocycles. The zero-order chi connectivity index (χ0) is 12.0. The van der Waals surface area contributed by atoms with Crippen molar-refractivity contribution in [2.45, 2.75) is 43.9 Å². The molecule has 3 nitrogen and oxygen atoms in total. The summed E-state index contributed by atoms with van der Waals surface area (Å²) >= 11 is 1.96. The van der Waals surface area contributed by atoms with Gasteiger partial charge < -0.3 is 15.5 Å². The van der Waals surface area contributed by atoms with Gasteiger partial charge in [0.1, 0.15) is 0 Å². The van der Waals surface area contributed by atoms with Crippen molar-refractivity contribution in [3.63, 3.8) is 0 Å². The van der Waals surface area contributed by atoms with E-state index in [1.54, 1.807) is 0 Å². The van der Waals surface area contributed by atoms with E-state index < -0.39 is 0 Å². The van der Waals surface area contributed by atoms with E-state index in [0.717, 1.165) is 5.25 Å². The SMILES string of the molecule is CSC1CCCC(NCC(C)(CO)CO)C1. The summed E-state index contributed by atoms with van der Waals surface area (Å²) in [4.78, 5) is 0. The molecule has 0 aromatic carbocycles. The first-order valence-corrected chi connectivity index (χ1v) is 7.40. The van der Waals surface area contributed by atoms with Crippen LogP contribution in [0.15, 0.2) is 0 Å². The minimum atomic E-state index is -0.383. The van der Waals surface area contributed by atoms with Gasteiger partial charge in [-0.3, -0.25) is 0 Å². The smallest absolute Gasteiger partial charge is 0.0518 e. The Balaban J connectivity index is 2.31. The molecule has 0 bridgehead atoms. The highest BCUT2D eigenvalue weighted by Gasteiger charge is 2.26. The first kappa shape index (κ1) is 14.3. The van der Waals surface area contributed by atoms with Crippen LogP contribution in [0.5, 0.6) is 0 Å². The fourth-order valence-corrected chi connectivity index (χ4v) is 2.92. The van der Waals surface area contributed by atoms with E-state index in [-0.39, 0.29) is 18.6 Å². The summed E-state index contributed by atoms with van der Waals surface area (Å²) in [5.41, 5.74) is -0.383. The highest BCUT2D eigenvalue weighted by Crippen LogP contribution is 2.27. The molecule has 0 amide bonds. The standard InChI is InChI=1S/C12H25NO2S/c1-12(8-14,9-15)7-13-10-4-3-5-11(6-10)16-2/h10-11,13-15H,3-9H2,1-2H3. The molecule has 0 heterocycles. The molecule has 2 unspecified atom stereocenters. The Bertz CT molecular complexity index is 197. The van der Waals surface area contributed by atoms with Crippen LogP contribution in [0.25, 0.3) is 0 Å². The topological polar surface area (TPSA) is 52.5 Å². The lowest BCUT2D eigenvalue weighted by Gasteiger charge is -2.32. The quantitative estimate of drug-likeness (QED) is 0.661. The van der Waals surface area contributed by atoms with Crippen LogP contribution >= 0.6 is 11.8 Å². The average molecular weight is 247 g/mol. The van der Waals surface area contributed by atoms with Crippen LogP contribution in [0.3, 0.4) is 0 Å². The number of hydrogen-bond acceptors (Lipinski definition) is 4.